The number of hydrogen-bond acceptors (Lipinski definition) is 4. The molecule has 1 unspecified atom stereocenters. The maximum absolute atomic E-state index is 12.6. The summed E-state index contributed by atoms with van der Waals surface area (Å²) in [5.41, 5.74) is 0.370. The lowest BCUT2D eigenvalue weighted by Gasteiger charge is -2.35. The Labute approximate surface area is 117 Å². The number of likely N-dealkylation sites (tertiary alicyclic amines) is 1. The van der Waals surface area contributed by atoms with Crippen LogP contribution in [0.1, 0.15) is 55.3 Å². The Hall–Kier alpha value is -1.85. The molecule has 0 saturated carbocycles. The van der Waals surface area contributed by atoms with Gasteiger partial charge in [0.15, 0.2) is 12.1 Å². The standard InChI is InChI=1S/C14H20N2O4/c1-2-11-13(15-9-20-11)14(19)16-8-4-3-5-10(16)6-7-12(17)18/h9-10H,2-8H2,1H3,(H,17,18). The number of aromatic nitrogens is 1. The first kappa shape index (κ1) is 14.6. The molecule has 1 fully saturated rings. The summed E-state index contributed by atoms with van der Waals surface area (Å²) in [4.78, 5) is 29.1. The Morgan fingerprint density at radius 1 is 1.50 bits per heavy atom. The van der Waals surface area contributed by atoms with Crippen molar-refractivity contribution in [3.8, 4) is 0 Å². The van der Waals surface area contributed by atoms with Crippen LogP contribution in [-0.4, -0.2) is 39.5 Å². The highest BCUT2D eigenvalue weighted by Gasteiger charge is 2.30. The van der Waals surface area contributed by atoms with Crippen molar-refractivity contribution >= 4 is 11.9 Å². The summed E-state index contributed by atoms with van der Waals surface area (Å²) < 4.78 is 5.21. The molecular formula is C14H20N2O4. The van der Waals surface area contributed by atoms with Gasteiger partial charge < -0.3 is 14.4 Å². The minimum atomic E-state index is -0.821. The van der Waals surface area contributed by atoms with Crippen LogP contribution in [0.2, 0.25) is 0 Å². The first-order chi connectivity index (χ1) is 9.63. The normalized spacial score (nSPS) is 19.1. The fourth-order valence-corrected chi connectivity index (χ4v) is 2.69. The summed E-state index contributed by atoms with van der Waals surface area (Å²) >= 11 is 0. The zero-order valence-electron chi connectivity index (χ0n) is 11.7. The van der Waals surface area contributed by atoms with E-state index in [1.54, 1.807) is 4.90 Å². The Morgan fingerprint density at radius 2 is 2.30 bits per heavy atom. The molecule has 20 heavy (non-hydrogen) atoms. The van der Waals surface area contributed by atoms with E-state index >= 15 is 0 Å². The SMILES string of the molecule is CCc1ocnc1C(=O)N1CCCCC1CCC(=O)O. The number of aliphatic carboxylic acids is 1. The van der Waals surface area contributed by atoms with Crippen LogP contribution in [0.5, 0.6) is 0 Å². The first-order valence-corrected chi connectivity index (χ1v) is 7.08. The third kappa shape index (κ3) is 3.18. The predicted octanol–water partition coefficient (Wildman–Crippen LogP) is 2.10. The van der Waals surface area contributed by atoms with Gasteiger partial charge >= 0.3 is 5.97 Å². The first-order valence-electron chi connectivity index (χ1n) is 7.08. The number of rotatable bonds is 5. The number of oxazole rings is 1. The summed E-state index contributed by atoms with van der Waals surface area (Å²) in [6.07, 6.45) is 5.35. The highest BCUT2D eigenvalue weighted by Crippen LogP contribution is 2.23. The lowest BCUT2D eigenvalue weighted by atomic mass is 9.97. The summed E-state index contributed by atoms with van der Waals surface area (Å²) in [7, 11) is 0. The number of carboxylic acids is 1. The maximum Gasteiger partial charge on any atom is 0.303 e. The van der Waals surface area contributed by atoms with Gasteiger partial charge in [0.1, 0.15) is 5.76 Å². The highest BCUT2D eigenvalue weighted by molar-refractivity contribution is 5.93. The number of hydrogen-bond donors (Lipinski definition) is 1. The van der Waals surface area contributed by atoms with Gasteiger partial charge in [0.05, 0.1) is 0 Å². The van der Waals surface area contributed by atoms with Gasteiger partial charge in [-0.15, -0.1) is 0 Å². The number of carbonyl (C=O) groups excluding carboxylic acids is 1. The summed E-state index contributed by atoms with van der Waals surface area (Å²) in [6.45, 7) is 2.58. The van der Waals surface area contributed by atoms with Crippen molar-refractivity contribution in [1.82, 2.24) is 9.88 Å². The highest BCUT2D eigenvalue weighted by atomic mass is 16.4. The van der Waals surface area contributed by atoms with E-state index in [0.29, 0.717) is 30.8 Å². The Morgan fingerprint density at radius 3 is 3.00 bits per heavy atom. The van der Waals surface area contributed by atoms with Crippen molar-refractivity contribution in [1.29, 1.82) is 0 Å². The molecule has 1 aliphatic rings. The van der Waals surface area contributed by atoms with E-state index in [1.165, 1.54) is 6.39 Å². The van der Waals surface area contributed by atoms with Crippen molar-refractivity contribution in [2.45, 2.75) is 51.5 Å². The molecule has 6 heteroatoms. The number of nitrogens with zero attached hydrogens (tertiary/aromatic N) is 2. The largest absolute Gasteiger partial charge is 0.481 e. The molecule has 1 aromatic rings. The fourth-order valence-electron chi connectivity index (χ4n) is 2.69. The molecule has 2 rings (SSSR count). The Bertz CT molecular complexity index is 483. The van der Waals surface area contributed by atoms with Crippen molar-refractivity contribution in [3.63, 3.8) is 0 Å². The van der Waals surface area contributed by atoms with Crippen LogP contribution in [0, 0.1) is 0 Å². The number of carbonyl (C=O) groups is 2. The predicted molar refractivity (Wildman–Crippen MR) is 71.4 cm³/mol. The summed E-state index contributed by atoms with van der Waals surface area (Å²) in [5.74, 6) is -0.359. The van der Waals surface area contributed by atoms with Gasteiger partial charge in [-0.25, -0.2) is 4.98 Å². The van der Waals surface area contributed by atoms with E-state index in [2.05, 4.69) is 4.98 Å². The van der Waals surface area contributed by atoms with Crippen LogP contribution in [0.15, 0.2) is 10.8 Å². The van der Waals surface area contributed by atoms with E-state index in [1.807, 2.05) is 6.92 Å². The van der Waals surface area contributed by atoms with Gasteiger partial charge in [-0.3, -0.25) is 9.59 Å². The van der Waals surface area contributed by atoms with Crippen LogP contribution >= 0.6 is 0 Å². The summed E-state index contributed by atoms with van der Waals surface area (Å²) in [6, 6.07) is -0.00578. The molecule has 0 bridgehead atoms. The second-order valence-corrected chi connectivity index (χ2v) is 5.06. The molecule has 1 saturated heterocycles. The Balaban J connectivity index is 2.11. The number of piperidine rings is 1. The molecule has 1 aliphatic heterocycles. The topological polar surface area (TPSA) is 83.6 Å². The second-order valence-electron chi connectivity index (χ2n) is 5.06. The van der Waals surface area contributed by atoms with Crippen LogP contribution in [0.3, 0.4) is 0 Å². The fraction of sp³-hybridized carbons (Fsp3) is 0.643. The number of aryl methyl sites for hydroxylation is 1. The Kier molecular flexibility index (Phi) is 4.76. The van der Waals surface area contributed by atoms with Crippen LogP contribution in [-0.2, 0) is 11.2 Å². The molecule has 0 aromatic carbocycles. The second kappa shape index (κ2) is 6.54. The van der Waals surface area contributed by atoms with Gasteiger partial charge in [0, 0.05) is 25.4 Å². The van der Waals surface area contributed by atoms with E-state index in [0.717, 1.165) is 19.3 Å². The lowest BCUT2D eigenvalue weighted by molar-refractivity contribution is -0.137. The minimum Gasteiger partial charge on any atom is -0.481 e. The summed E-state index contributed by atoms with van der Waals surface area (Å²) in [5, 5.41) is 8.80. The van der Waals surface area contributed by atoms with Gasteiger partial charge in [0.25, 0.3) is 5.91 Å². The van der Waals surface area contributed by atoms with E-state index in [4.69, 9.17) is 9.52 Å². The number of amides is 1. The number of carboxylic acid groups (broad SMARTS) is 1. The van der Waals surface area contributed by atoms with Crippen molar-refractivity contribution < 1.29 is 19.1 Å². The molecule has 1 atom stereocenters. The van der Waals surface area contributed by atoms with Gasteiger partial charge in [-0.2, -0.15) is 0 Å². The average molecular weight is 280 g/mol. The van der Waals surface area contributed by atoms with E-state index in [9.17, 15) is 9.59 Å². The van der Waals surface area contributed by atoms with Gasteiger partial charge in [-0.1, -0.05) is 6.92 Å². The molecule has 1 amide bonds. The van der Waals surface area contributed by atoms with Crippen molar-refractivity contribution in [2.24, 2.45) is 0 Å². The average Bonchev–Trinajstić information content (AvgIpc) is 2.93. The maximum atomic E-state index is 12.6. The van der Waals surface area contributed by atoms with Crippen LogP contribution in [0.4, 0.5) is 0 Å². The lowest BCUT2D eigenvalue weighted by Crippen LogP contribution is -2.44. The van der Waals surface area contributed by atoms with Crippen LogP contribution in [0.25, 0.3) is 0 Å². The van der Waals surface area contributed by atoms with Crippen molar-refractivity contribution in [2.75, 3.05) is 6.54 Å². The molecule has 0 radical (unpaired) electrons. The van der Waals surface area contributed by atoms with Gasteiger partial charge in [0.2, 0.25) is 0 Å². The minimum absolute atomic E-state index is 0.00578. The van der Waals surface area contributed by atoms with E-state index < -0.39 is 5.97 Å². The molecule has 1 aromatic heterocycles. The molecular weight excluding hydrogens is 260 g/mol. The van der Waals surface area contributed by atoms with Crippen molar-refractivity contribution in [3.05, 3.63) is 17.8 Å². The third-order valence-corrected chi connectivity index (χ3v) is 3.74. The van der Waals surface area contributed by atoms with Gasteiger partial charge in [-0.05, 0) is 25.7 Å². The monoisotopic (exact) mass is 280 g/mol. The van der Waals surface area contributed by atoms with Crippen LogP contribution < -0.4 is 0 Å². The zero-order chi connectivity index (χ0) is 14.5. The molecule has 110 valence electrons. The smallest absolute Gasteiger partial charge is 0.303 e. The molecule has 2 heterocycles. The molecule has 0 spiro atoms. The zero-order valence-corrected chi connectivity index (χ0v) is 11.7. The molecule has 0 aliphatic carbocycles. The van der Waals surface area contributed by atoms with E-state index in [-0.39, 0.29) is 18.4 Å². The molecule has 1 N–H and O–H groups in total. The quantitative estimate of drug-likeness (QED) is 0.892. The third-order valence-electron chi connectivity index (χ3n) is 3.74. The molecule has 6 nitrogen and oxygen atoms in total.